The zero-order valence-corrected chi connectivity index (χ0v) is 14.5. The van der Waals surface area contributed by atoms with Gasteiger partial charge in [-0.2, -0.15) is 0 Å². The number of hydrogen-bond acceptors (Lipinski definition) is 2. The molecule has 2 rings (SSSR count). The van der Waals surface area contributed by atoms with Crippen LogP contribution in [0.4, 0.5) is 0 Å². The molecule has 2 heterocycles. The smallest absolute Gasteiger partial charge is 0.270 e. The fraction of sp³-hybridized carbons (Fsp3) is 0.667. The van der Waals surface area contributed by atoms with Gasteiger partial charge in [0.25, 0.3) is 5.91 Å². The van der Waals surface area contributed by atoms with E-state index >= 15 is 0 Å². The first-order chi connectivity index (χ1) is 9.13. The zero-order chi connectivity index (χ0) is 15.1. The summed E-state index contributed by atoms with van der Waals surface area (Å²) < 4.78 is 8.94. The normalized spacial score (nSPS) is 21.0. The second kappa shape index (κ2) is 5.19. The Hall–Kier alpha value is -0.810. The Labute approximate surface area is 129 Å². The van der Waals surface area contributed by atoms with E-state index in [1.807, 2.05) is 56.3 Å². The Balaban J connectivity index is 2.28. The van der Waals surface area contributed by atoms with E-state index in [0.717, 1.165) is 16.7 Å². The minimum atomic E-state index is -0.321. The summed E-state index contributed by atoms with van der Waals surface area (Å²) in [5.41, 5.74) is 0.0872. The van der Waals surface area contributed by atoms with Gasteiger partial charge in [0.15, 0.2) is 0 Å². The van der Waals surface area contributed by atoms with E-state index in [4.69, 9.17) is 4.74 Å². The van der Waals surface area contributed by atoms with Gasteiger partial charge in [-0.3, -0.25) is 4.79 Å². The van der Waals surface area contributed by atoms with Crippen LogP contribution in [0.25, 0.3) is 0 Å². The molecule has 0 N–H and O–H groups in total. The fourth-order valence-corrected chi connectivity index (χ4v) is 3.47. The van der Waals surface area contributed by atoms with Crippen molar-refractivity contribution in [3.63, 3.8) is 0 Å². The van der Waals surface area contributed by atoms with Gasteiger partial charge in [0, 0.05) is 30.3 Å². The average molecular weight is 343 g/mol. The molecular formula is C15H23BrN2O2. The van der Waals surface area contributed by atoms with Crippen LogP contribution in [0, 0.1) is 0 Å². The van der Waals surface area contributed by atoms with Crippen LogP contribution < -0.4 is 0 Å². The van der Waals surface area contributed by atoms with Gasteiger partial charge in [0.1, 0.15) is 5.69 Å². The number of rotatable bonds is 2. The van der Waals surface area contributed by atoms with Gasteiger partial charge in [-0.25, -0.2) is 0 Å². The Kier molecular flexibility index (Phi) is 4.04. The highest BCUT2D eigenvalue weighted by Gasteiger charge is 2.40. The van der Waals surface area contributed by atoms with Crippen molar-refractivity contribution >= 4 is 21.8 Å². The molecule has 1 aromatic heterocycles. The number of aryl methyl sites for hydroxylation is 1. The van der Waals surface area contributed by atoms with Crippen LogP contribution in [-0.2, 0) is 11.3 Å². The topological polar surface area (TPSA) is 34.5 Å². The lowest BCUT2D eigenvalue weighted by atomic mass is 9.98. The third kappa shape index (κ3) is 3.26. The maximum absolute atomic E-state index is 12.8. The van der Waals surface area contributed by atoms with Gasteiger partial charge in [-0.15, -0.1) is 0 Å². The summed E-state index contributed by atoms with van der Waals surface area (Å²) >= 11 is 3.44. The number of nitrogens with zero attached hydrogens (tertiary/aromatic N) is 2. The van der Waals surface area contributed by atoms with Crippen LogP contribution in [0.3, 0.4) is 0 Å². The molecule has 0 radical (unpaired) electrons. The summed E-state index contributed by atoms with van der Waals surface area (Å²) in [6, 6.07) is 1.89. The number of hydrogen-bond donors (Lipinski definition) is 0. The van der Waals surface area contributed by atoms with Crippen LogP contribution in [0.15, 0.2) is 16.7 Å². The Morgan fingerprint density at radius 1 is 1.30 bits per heavy atom. The monoisotopic (exact) mass is 342 g/mol. The number of ether oxygens (including phenoxy) is 1. The zero-order valence-electron chi connectivity index (χ0n) is 12.9. The third-order valence-electron chi connectivity index (χ3n) is 3.41. The molecule has 4 nitrogen and oxygen atoms in total. The molecule has 1 aromatic rings. The van der Waals surface area contributed by atoms with Gasteiger partial charge in [0.05, 0.1) is 11.2 Å². The van der Waals surface area contributed by atoms with Crippen molar-refractivity contribution in [3.8, 4) is 0 Å². The minimum Gasteiger partial charge on any atom is -0.366 e. The van der Waals surface area contributed by atoms with Crippen LogP contribution in [-0.4, -0.2) is 39.7 Å². The van der Waals surface area contributed by atoms with Crippen molar-refractivity contribution in [2.75, 3.05) is 13.1 Å². The SMILES string of the molecule is CCn1cc(Br)cc1C(=O)N1CC(C)(C)OC(C)(C)C1. The first kappa shape index (κ1) is 15.6. The lowest BCUT2D eigenvalue weighted by Crippen LogP contribution is -2.58. The molecule has 0 aliphatic carbocycles. The summed E-state index contributed by atoms with van der Waals surface area (Å²) in [4.78, 5) is 14.7. The Morgan fingerprint density at radius 3 is 2.35 bits per heavy atom. The van der Waals surface area contributed by atoms with Crippen LogP contribution in [0.2, 0.25) is 0 Å². The lowest BCUT2D eigenvalue weighted by Gasteiger charge is -2.47. The van der Waals surface area contributed by atoms with Gasteiger partial charge in [0.2, 0.25) is 0 Å². The van der Waals surface area contributed by atoms with Crippen LogP contribution in [0.5, 0.6) is 0 Å². The molecule has 1 aliphatic rings. The molecule has 5 heteroatoms. The van der Waals surface area contributed by atoms with Crippen molar-refractivity contribution in [1.82, 2.24) is 9.47 Å². The minimum absolute atomic E-state index is 0.0713. The van der Waals surface area contributed by atoms with E-state index in [1.54, 1.807) is 0 Å². The number of halogens is 1. The Bertz CT molecular complexity index is 504. The standard InChI is InChI=1S/C15H23BrN2O2/c1-6-17-8-11(16)7-12(17)13(19)18-9-14(2,3)20-15(4,5)10-18/h7-8H,6,9-10H2,1-5H3. The molecule has 0 bridgehead atoms. The number of amides is 1. The highest BCUT2D eigenvalue weighted by Crippen LogP contribution is 2.29. The summed E-state index contributed by atoms with van der Waals surface area (Å²) in [5.74, 6) is 0.0713. The maximum Gasteiger partial charge on any atom is 0.270 e. The summed E-state index contributed by atoms with van der Waals surface area (Å²) in [7, 11) is 0. The van der Waals surface area contributed by atoms with Gasteiger partial charge in [-0.05, 0) is 56.6 Å². The number of morpholine rings is 1. The molecule has 0 spiro atoms. The average Bonchev–Trinajstić information content (AvgIpc) is 2.65. The molecule has 0 unspecified atom stereocenters. The van der Waals surface area contributed by atoms with Crippen molar-refractivity contribution in [1.29, 1.82) is 0 Å². The van der Waals surface area contributed by atoms with E-state index in [1.165, 1.54) is 0 Å². The number of carbonyl (C=O) groups is 1. The molecule has 1 amide bonds. The second-order valence-corrected chi connectivity index (χ2v) is 7.53. The Morgan fingerprint density at radius 2 is 1.85 bits per heavy atom. The van der Waals surface area contributed by atoms with E-state index in [0.29, 0.717) is 13.1 Å². The molecule has 112 valence electrons. The molecule has 0 atom stereocenters. The molecule has 0 saturated carbocycles. The number of aromatic nitrogens is 1. The summed E-state index contributed by atoms with van der Waals surface area (Å²) in [6.07, 6.45) is 1.95. The molecular weight excluding hydrogens is 320 g/mol. The van der Waals surface area contributed by atoms with Crippen LogP contribution in [0.1, 0.15) is 45.1 Å². The fourth-order valence-electron chi connectivity index (χ4n) is 3.01. The summed E-state index contributed by atoms with van der Waals surface area (Å²) in [5, 5.41) is 0. The molecule has 1 saturated heterocycles. The van der Waals surface area contributed by atoms with Crippen molar-refractivity contribution in [3.05, 3.63) is 22.4 Å². The third-order valence-corrected chi connectivity index (χ3v) is 3.84. The number of carbonyl (C=O) groups excluding carboxylic acids is 1. The lowest BCUT2D eigenvalue weighted by molar-refractivity contribution is -0.171. The quantitative estimate of drug-likeness (QED) is 0.826. The predicted molar refractivity (Wildman–Crippen MR) is 83.0 cm³/mol. The van der Waals surface area contributed by atoms with E-state index in [2.05, 4.69) is 15.9 Å². The van der Waals surface area contributed by atoms with Gasteiger partial charge < -0.3 is 14.2 Å². The maximum atomic E-state index is 12.8. The first-order valence-corrected chi connectivity index (χ1v) is 7.78. The van der Waals surface area contributed by atoms with Crippen molar-refractivity contribution in [2.24, 2.45) is 0 Å². The first-order valence-electron chi connectivity index (χ1n) is 6.99. The predicted octanol–water partition coefficient (Wildman–Crippen LogP) is 3.30. The highest BCUT2D eigenvalue weighted by atomic mass is 79.9. The molecule has 0 aromatic carbocycles. The molecule has 20 heavy (non-hydrogen) atoms. The van der Waals surface area contributed by atoms with E-state index in [-0.39, 0.29) is 17.1 Å². The van der Waals surface area contributed by atoms with Crippen molar-refractivity contribution < 1.29 is 9.53 Å². The molecule has 1 fully saturated rings. The van der Waals surface area contributed by atoms with Crippen LogP contribution >= 0.6 is 15.9 Å². The van der Waals surface area contributed by atoms with Gasteiger partial charge >= 0.3 is 0 Å². The second-order valence-electron chi connectivity index (χ2n) is 6.61. The van der Waals surface area contributed by atoms with E-state index in [9.17, 15) is 4.79 Å². The van der Waals surface area contributed by atoms with Gasteiger partial charge in [-0.1, -0.05) is 0 Å². The largest absolute Gasteiger partial charge is 0.366 e. The highest BCUT2D eigenvalue weighted by molar-refractivity contribution is 9.10. The van der Waals surface area contributed by atoms with E-state index < -0.39 is 0 Å². The summed E-state index contributed by atoms with van der Waals surface area (Å²) in [6.45, 7) is 12.2. The molecule has 1 aliphatic heterocycles. The van der Waals surface area contributed by atoms with Crippen molar-refractivity contribution in [2.45, 2.75) is 52.4 Å².